The number of rotatable bonds is 5. The van der Waals surface area contributed by atoms with Gasteiger partial charge >= 0.3 is 11.9 Å². The number of hydrogen-bond donors (Lipinski definition) is 1. The van der Waals surface area contributed by atoms with Crippen LogP contribution in [0.1, 0.15) is 23.2 Å². The molecular weight excluding hydrogens is 226 g/mol. The molecule has 0 aliphatic rings. The Bertz CT molecular complexity index is 398. The molecule has 0 amide bonds. The second kappa shape index (κ2) is 6.05. The SMILES string of the molecule is COC(=O)c1ccc(CN[C@@H](C)C(=O)OC)o1. The van der Waals surface area contributed by atoms with Gasteiger partial charge in [-0.25, -0.2) is 4.79 Å². The molecular formula is C11H15NO5. The van der Waals surface area contributed by atoms with E-state index in [1.165, 1.54) is 20.3 Å². The molecule has 6 nitrogen and oxygen atoms in total. The first-order valence-electron chi connectivity index (χ1n) is 5.06. The van der Waals surface area contributed by atoms with E-state index in [0.29, 0.717) is 12.3 Å². The van der Waals surface area contributed by atoms with Gasteiger partial charge in [0.1, 0.15) is 11.8 Å². The van der Waals surface area contributed by atoms with Crippen molar-refractivity contribution in [3.8, 4) is 0 Å². The molecule has 0 radical (unpaired) electrons. The van der Waals surface area contributed by atoms with Gasteiger partial charge < -0.3 is 13.9 Å². The second-order valence-corrected chi connectivity index (χ2v) is 3.38. The van der Waals surface area contributed by atoms with Crippen LogP contribution in [0.15, 0.2) is 16.5 Å². The minimum Gasteiger partial charge on any atom is -0.468 e. The van der Waals surface area contributed by atoms with E-state index >= 15 is 0 Å². The highest BCUT2D eigenvalue weighted by molar-refractivity contribution is 5.86. The molecule has 0 saturated heterocycles. The summed E-state index contributed by atoms with van der Waals surface area (Å²) in [7, 11) is 2.60. The summed E-state index contributed by atoms with van der Waals surface area (Å²) in [6, 6.07) is 2.72. The Morgan fingerprint density at radius 1 is 1.35 bits per heavy atom. The Kier molecular flexibility index (Phi) is 4.71. The van der Waals surface area contributed by atoms with Gasteiger partial charge in [-0.2, -0.15) is 0 Å². The van der Waals surface area contributed by atoms with E-state index in [4.69, 9.17) is 4.42 Å². The average Bonchev–Trinajstić information content (AvgIpc) is 2.82. The molecule has 17 heavy (non-hydrogen) atoms. The summed E-state index contributed by atoms with van der Waals surface area (Å²) in [6.45, 7) is 2.00. The summed E-state index contributed by atoms with van der Waals surface area (Å²) in [5, 5.41) is 2.90. The molecule has 0 aromatic carbocycles. The summed E-state index contributed by atoms with van der Waals surface area (Å²) < 4.78 is 14.3. The maximum atomic E-state index is 11.1. The van der Waals surface area contributed by atoms with Gasteiger partial charge in [-0.05, 0) is 19.1 Å². The minimum absolute atomic E-state index is 0.134. The lowest BCUT2D eigenvalue weighted by Gasteiger charge is -2.09. The Morgan fingerprint density at radius 3 is 2.65 bits per heavy atom. The van der Waals surface area contributed by atoms with Crippen LogP contribution < -0.4 is 5.32 Å². The van der Waals surface area contributed by atoms with Crippen molar-refractivity contribution < 1.29 is 23.5 Å². The van der Waals surface area contributed by atoms with E-state index in [1.807, 2.05) is 0 Å². The third-order valence-electron chi connectivity index (χ3n) is 2.19. The van der Waals surface area contributed by atoms with Gasteiger partial charge in [0.2, 0.25) is 5.76 Å². The number of esters is 2. The molecule has 1 heterocycles. The lowest BCUT2D eigenvalue weighted by Crippen LogP contribution is -2.34. The zero-order valence-corrected chi connectivity index (χ0v) is 9.98. The topological polar surface area (TPSA) is 77.8 Å². The Morgan fingerprint density at radius 2 is 2.06 bits per heavy atom. The molecule has 0 fully saturated rings. The van der Waals surface area contributed by atoms with Gasteiger partial charge in [0, 0.05) is 0 Å². The summed E-state index contributed by atoms with van der Waals surface area (Å²) in [4.78, 5) is 22.2. The molecule has 0 saturated carbocycles. The lowest BCUT2D eigenvalue weighted by molar-refractivity contribution is -0.142. The van der Waals surface area contributed by atoms with E-state index in [1.54, 1.807) is 13.0 Å². The van der Waals surface area contributed by atoms with Crippen molar-refractivity contribution in [3.63, 3.8) is 0 Å². The van der Waals surface area contributed by atoms with Crippen LogP contribution in [0, 0.1) is 0 Å². The molecule has 1 N–H and O–H groups in total. The van der Waals surface area contributed by atoms with Crippen molar-refractivity contribution in [1.29, 1.82) is 0 Å². The van der Waals surface area contributed by atoms with Crippen LogP contribution >= 0.6 is 0 Å². The summed E-state index contributed by atoms with van der Waals surface area (Å²) in [5.41, 5.74) is 0. The standard InChI is InChI=1S/C11H15NO5/c1-7(10(13)15-2)12-6-8-4-5-9(17-8)11(14)16-3/h4-5,7,12H,6H2,1-3H3/t7-/m0/s1. The fourth-order valence-corrected chi connectivity index (χ4v) is 1.20. The predicted octanol–water partition coefficient (Wildman–Crippen LogP) is 0.717. The smallest absolute Gasteiger partial charge is 0.373 e. The number of furan rings is 1. The van der Waals surface area contributed by atoms with Crippen molar-refractivity contribution >= 4 is 11.9 Å². The monoisotopic (exact) mass is 241 g/mol. The molecule has 0 unspecified atom stereocenters. The Labute approximate surface area is 98.9 Å². The number of methoxy groups -OCH3 is 2. The van der Waals surface area contributed by atoms with Crippen LogP contribution in [-0.4, -0.2) is 32.2 Å². The highest BCUT2D eigenvalue weighted by Gasteiger charge is 2.14. The number of ether oxygens (including phenoxy) is 2. The average molecular weight is 241 g/mol. The van der Waals surface area contributed by atoms with Crippen LogP contribution in [0.4, 0.5) is 0 Å². The molecule has 6 heteroatoms. The van der Waals surface area contributed by atoms with E-state index in [9.17, 15) is 9.59 Å². The molecule has 0 bridgehead atoms. The predicted molar refractivity (Wildman–Crippen MR) is 58.4 cm³/mol. The van der Waals surface area contributed by atoms with Crippen molar-refractivity contribution in [2.75, 3.05) is 14.2 Å². The quantitative estimate of drug-likeness (QED) is 0.765. The number of hydrogen-bond acceptors (Lipinski definition) is 6. The molecule has 0 aliphatic carbocycles. The van der Waals surface area contributed by atoms with E-state index < -0.39 is 12.0 Å². The minimum atomic E-state index is -0.530. The van der Waals surface area contributed by atoms with Crippen LogP contribution in [0.5, 0.6) is 0 Å². The van der Waals surface area contributed by atoms with Gasteiger partial charge in [0.25, 0.3) is 0 Å². The first kappa shape index (κ1) is 13.2. The van der Waals surface area contributed by atoms with E-state index in [-0.39, 0.29) is 11.7 Å². The van der Waals surface area contributed by atoms with Gasteiger partial charge in [0.15, 0.2) is 0 Å². The maximum absolute atomic E-state index is 11.1. The third kappa shape index (κ3) is 3.60. The van der Waals surface area contributed by atoms with Crippen molar-refractivity contribution in [3.05, 3.63) is 23.7 Å². The second-order valence-electron chi connectivity index (χ2n) is 3.38. The molecule has 0 aliphatic heterocycles. The van der Waals surface area contributed by atoms with Crippen LogP contribution in [0.2, 0.25) is 0 Å². The van der Waals surface area contributed by atoms with Crippen LogP contribution in [0.3, 0.4) is 0 Å². The highest BCUT2D eigenvalue weighted by Crippen LogP contribution is 2.09. The van der Waals surface area contributed by atoms with Gasteiger partial charge in [0.05, 0.1) is 20.8 Å². The van der Waals surface area contributed by atoms with Crippen molar-refractivity contribution in [1.82, 2.24) is 5.32 Å². The summed E-state index contributed by atoms with van der Waals surface area (Å²) >= 11 is 0. The Balaban J connectivity index is 2.50. The van der Waals surface area contributed by atoms with Gasteiger partial charge in [-0.1, -0.05) is 0 Å². The summed E-state index contributed by atoms with van der Waals surface area (Å²) in [6.07, 6.45) is 0. The molecule has 0 spiro atoms. The molecule has 1 aromatic heterocycles. The summed E-state index contributed by atoms with van der Waals surface area (Å²) in [5.74, 6) is -0.210. The zero-order chi connectivity index (χ0) is 12.8. The number of carbonyl (C=O) groups excluding carboxylic acids is 2. The number of carbonyl (C=O) groups is 2. The maximum Gasteiger partial charge on any atom is 0.373 e. The van der Waals surface area contributed by atoms with Crippen LogP contribution in [0.25, 0.3) is 0 Å². The zero-order valence-electron chi connectivity index (χ0n) is 9.98. The molecule has 1 atom stereocenters. The molecule has 94 valence electrons. The van der Waals surface area contributed by atoms with Crippen molar-refractivity contribution in [2.45, 2.75) is 19.5 Å². The molecule has 1 rings (SSSR count). The lowest BCUT2D eigenvalue weighted by atomic mass is 10.3. The van der Waals surface area contributed by atoms with Gasteiger partial charge in [-0.15, -0.1) is 0 Å². The fourth-order valence-electron chi connectivity index (χ4n) is 1.20. The van der Waals surface area contributed by atoms with Gasteiger partial charge in [-0.3, -0.25) is 10.1 Å². The Hall–Kier alpha value is -1.82. The van der Waals surface area contributed by atoms with E-state index in [0.717, 1.165) is 0 Å². The molecule has 1 aromatic rings. The first-order valence-corrected chi connectivity index (χ1v) is 5.06. The van der Waals surface area contributed by atoms with E-state index in [2.05, 4.69) is 14.8 Å². The largest absolute Gasteiger partial charge is 0.468 e. The van der Waals surface area contributed by atoms with Crippen LogP contribution in [-0.2, 0) is 20.8 Å². The number of nitrogens with one attached hydrogen (secondary N) is 1. The highest BCUT2D eigenvalue weighted by atomic mass is 16.5. The fraction of sp³-hybridized carbons (Fsp3) is 0.455. The third-order valence-corrected chi connectivity index (χ3v) is 2.19. The first-order chi connectivity index (χ1) is 8.08. The van der Waals surface area contributed by atoms with Crippen molar-refractivity contribution in [2.24, 2.45) is 0 Å². The normalized spacial score (nSPS) is 11.9.